The zero-order valence-electron chi connectivity index (χ0n) is 23.3. The number of unbranched alkanes of at least 4 members (excludes halogenated alkanes) is 5. The Kier molecular flexibility index (Phi) is 8.47. The number of carbonyl (C=O) groups is 1. The lowest BCUT2D eigenvalue weighted by Gasteiger charge is -2.58. The molecule has 5 aliphatic carbocycles. The van der Waals surface area contributed by atoms with Gasteiger partial charge in [-0.15, -0.1) is 0 Å². The van der Waals surface area contributed by atoms with Crippen LogP contribution in [0.5, 0.6) is 0 Å². The van der Waals surface area contributed by atoms with Crippen molar-refractivity contribution in [2.24, 2.45) is 40.4 Å². The van der Waals surface area contributed by atoms with Crippen molar-refractivity contribution in [3.8, 4) is 0 Å². The first kappa shape index (κ1) is 26.4. The first-order chi connectivity index (χ1) is 17.0. The molecule has 1 nitrogen and oxygen atoms in total. The third kappa shape index (κ3) is 5.22. The second-order valence-corrected chi connectivity index (χ2v) is 15.2. The van der Waals surface area contributed by atoms with Crippen LogP contribution in [0.1, 0.15) is 143 Å². The lowest BCUT2D eigenvalue weighted by molar-refractivity contribution is -0.114. The van der Waals surface area contributed by atoms with Gasteiger partial charge in [0.15, 0.2) is 5.12 Å². The molecule has 0 N–H and O–H groups in total. The van der Waals surface area contributed by atoms with Gasteiger partial charge in [-0.3, -0.25) is 4.79 Å². The van der Waals surface area contributed by atoms with Crippen LogP contribution in [-0.2, 0) is 4.79 Å². The number of carbonyl (C=O) groups excluding carboxylic acids is 1. The second-order valence-electron chi connectivity index (χ2n) is 13.9. The SMILES string of the molecule is CCCCCCCCC1CCC2C3CC=C4CC(SC(=O)C5CCCC5)CCC4(C)C3CCC12C. The smallest absolute Gasteiger partial charge is 0.192 e. The van der Waals surface area contributed by atoms with Gasteiger partial charge in [0.1, 0.15) is 0 Å². The number of hydrogen-bond acceptors (Lipinski definition) is 2. The van der Waals surface area contributed by atoms with E-state index in [-0.39, 0.29) is 0 Å². The van der Waals surface area contributed by atoms with E-state index in [0.29, 0.717) is 27.1 Å². The summed E-state index contributed by atoms with van der Waals surface area (Å²) in [6.07, 6.45) is 28.8. The minimum absolute atomic E-state index is 0.376. The van der Waals surface area contributed by atoms with Gasteiger partial charge in [-0.1, -0.05) is 95.5 Å². The van der Waals surface area contributed by atoms with E-state index >= 15 is 0 Å². The molecule has 7 atom stereocenters. The minimum Gasteiger partial charge on any atom is -0.287 e. The van der Waals surface area contributed by atoms with Crippen molar-refractivity contribution in [2.75, 3.05) is 0 Å². The largest absolute Gasteiger partial charge is 0.287 e. The molecule has 198 valence electrons. The zero-order chi connectivity index (χ0) is 24.5. The van der Waals surface area contributed by atoms with Crippen LogP contribution in [0, 0.1) is 40.4 Å². The maximum absolute atomic E-state index is 12.9. The van der Waals surface area contributed by atoms with E-state index in [1.807, 2.05) is 0 Å². The minimum atomic E-state index is 0.376. The quantitative estimate of drug-likeness (QED) is 0.232. The standard InChI is InChI=1S/C33H54OS/c1-4-5-6-7-8-9-14-25-16-18-29-28-17-15-26-23-27(35-31(34)24-12-10-11-13-24)19-21-33(26,3)30(28)20-22-32(25,29)2/h15,24-25,27-30H,4-14,16-23H2,1-3H3. The van der Waals surface area contributed by atoms with E-state index in [1.165, 1.54) is 109 Å². The Morgan fingerprint density at radius 2 is 1.69 bits per heavy atom. The molecule has 0 amide bonds. The molecule has 0 heterocycles. The molecule has 0 bridgehead atoms. The van der Waals surface area contributed by atoms with E-state index in [1.54, 1.807) is 17.3 Å². The molecule has 0 saturated heterocycles. The van der Waals surface area contributed by atoms with Crippen LogP contribution in [0.4, 0.5) is 0 Å². The van der Waals surface area contributed by atoms with Crippen molar-refractivity contribution in [1.82, 2.24) is 0 Å². The third-order valence-corrected chi connectivity index (χ3v) is 13.4. The van der Waals surface area contributed by atoms with Gasteiger partial charge in [0, 0.05) is 11.2 Å². The first-order valence-corrected chi connectivity index (χ1v) is 16.7. The highest BCUT2D eigenvalue weighted by Gasteiger charge is 2.58. The Hall–Kier alpha value is -0.240. The number of thioether (sulfide) groups is 1. The monoisotopic (exact) mass is 498 g/mol. The number of rotatable bonds is 9. The lowest BCUT2D eigenvalue weighted by atomic mass is 9.47. The van der Waals surface area contributed by atoms with Crippen LogP contribution < -0.4 is 0 Å². The number of hydrogen-bond donors (Lipinski definition) is 0. The Morgan fingerprint density at radius 3 is 2.49 bits per heavy atom. The van der Waals surface area contributed by atoms with Crippen LogP contribution >= 0.6 is 11.8 Å². The predicted molar refractivity (Wildman–Crippen MR) is 152 cm³/mol. The fourth-order valence-corrected chi connectivity index (χ4v) is 11.2. The summed E-state index contributed by atoms with van der Waals surface area (Å²) in [5.41, 5.74) is 2.80. The van der Waals surface area contributed by atoms with E-state index in [0.717, 1.165) is 36.5 Å². The van der Waals surface area contributed by atoms with Crippen LogP contribution in [0.15, 0.2) is 11.6 Å². The highest BCUT2D eigenvalue weighted by atomic mass is 32.2. The Balaban J connectivity index is 1.19. The topological polar surface area (TPSA) is 17.1 Å². The van der Waals surface area contributed by atoms with E-state index in [2.05, 4.69) is 26.8 Å². The van der Waals surface area contributed by atoms with Gasteiger partial charge in [0.2, 0.25) is 0 Å². The molecule has 5 rings (SSSR count). The van der Waals surface area contributed by atoms with Crippen molar-refractivity contribution in [1.29, 1.82) is 0 Å². The molecular weight excluding hydrogens is 444 g/mol. The van der Waals surface area contributed by atoms with Gasteiger partial charge < -0.3 is 0 Å². The molecule has 2 heteroatoms. The fourth-order valence-electron chi connectivity index (χ4n) is 9.90. The molecular formula is C33H54OS. The number of allylic oxidation sites excluding steroid dienone is 2. The third-order valence-electron chi connectivity index (χ3n) is 12.1. The fraction of sp³-hybridized carbons (Fsp3) is 0.909. The summed E-state index contributed by atoms with van der Waals surface area (Å²) >= 11 is 1.75. The Bertz CT molecular complexity index is 765. The van der Waals surface area contributed by atoms with E-state index in [4.69, 9.17) is 0 Å². The van der Waals surface area contributed by atoms with Gasteiger partial charge in [-0.25, -0.2) is 0 Å². The highest BCUT2D eigenvalue weighted by Crippen LogP contribution is 2.67. The van der Waals surface area contributed by atoms with E-state index in [9.17, 15) is 4.79 Å². The maximum Gasteiger partial charge on any atom is 0.192 e. The summed E-state index contributed by atoms with van der Waals surface area (Å²) in [6.45, 7) is 7.68. The molecule has 7 unspecified atom stereocenters. The normalized spacial score (nSPS) is 41.2. The van der Waals surface area contributed by atoms with Crippen molar-refractivity contribution < 1.29 is 4.79 Å². The zero-order valence-corrected chi connectivity index (χ0v) is 24.1. The average Bonchev–Trinajstić information content (AvgIpc) is 3.50. The summed E-state index contributed by atoms with van der Waals surface area (Å²) in [5, 5.41) is 1.09. The van der Waals surface area contributed by atoms with Crippen LogP contribution in [-0.4, -0.2) is 10.4 Å². The Morgan fingerprint density at radius 1 is 0.914 bits per heavy atom. The molecule has 0 aromatic rings. The van der Waals surface area contributed by atoms with Gasteiger partial charge in [0.25, 0.3) is 0 Å². The lowest BCUT2D eigenvalue weighted by Crippen LogP contribution is -2.50. The Labute approximate surface area is 221 Å². The van der Waals surface area contributed by atoms with Crippen LogP contribution in [0.3, 0.4) is 0 Å². The average molecular weight is 499 g/mol. The summed E-state index contributed by atoms with van der Waals surface area (Å²) in [6, 6.07) is 0. The molecule has 0 aromatic carbocycles. The molecule has 0 radical (unpaired) electrons. The summed E-state index contributed by atoms with van der Waals surface area (Å²) in [4.78, 5) is 12.9. The molecule has 0 aromatic heterocycles. The summed E-state index contributed by atoms with van der Waals surface area (Å²) in [7, 11) is 0. The molecule has 0 spiro atoms. The number of fused-ring (bicyclic) bond motifs is 5. The van der Waals surface area contributed by atoms with Crippen molar-refractivity contribution in [3.05, 3.63) is 11.6 Å². The predicted octanol–water partition coefficient (Wildman–Crippen LogP) is 10.1. The van der Waals surface area contributed by atoms with Gasteiger partial charge in [-0.05, 0) is 105 Å². The molecule has 0 aliphatic heterocycles. The maximum atomic E-state index is 12.9. The van der Waals surface area contributed by atoms with Gasteiger partial charge in [0.05, 0.1) is 0 Å². The van der Waals surface area contributed by atoms with Gasteiger partial charge >= 0.3 is 0 Å². The van der Waals surface area contributed by atoms with Crippen molar-refractivity contribution in [2.45, 2.75) is 148 Å². The summed E-state index contributed by atoms with van der Waals surface area (Å²) in [5.74, 6) is 4.18. The molecule has 35 heavy (non-hydrogen) atoms. The van der Waals surface area contributed by atoms with E-state index < -0.39 is 0 Å². The van der Waals surface area contributed by atoms with Crippen LogP contribution in [0.25, 0.3) is 0 Å². The van der Waals surface area contributed by atoms with Gasteiger partial charge in [-0.2, -0.15) is 0 Å². The molecule has 5 aliphatic rings. The molecule has 4 fully saturated rings. The highest BCUT2D eigenvalue weighted by molar-refractivity contribution is 8.14. The van der Waals surface area contributed by atoms with Crippen molar-refractivity contribution in [3.63, 3.8) is 0 Å². The van der Waals surface area contributed by atoms with Crippen molar-refractivity contribution >= 4 is 16.9 Å². The molecule has 4 saturated carbocycles. The second kappa shape index (κ2) is 11.2. The summed E-state index contributed by atoms with van der Waals surface area (Å²) < 4.78 is 0. The van der Waals surface area contributed by atoms with Crippen LogP contribution in [0.2, 0.25) is 0 Å². The first-order valence-electron chi connectivity index (χ1n) is 15.9.